The highest BCUT2D eigenvalue weighted by atomic mass is 35.5. The van der Waals surface area contributed by atoms with E-state index in [1.807, 2.05) is 41.3 Å². The van der Waals surface area contributed by atoms with E-state index in [0.29, 0.717) is 11.6 Å². The summed E-state index contributed by atoms with van der Waals surface area (Å²) < 4.78 is 5.25. The Morgan fingerprint density at radius 2 is 1.80 bits per heavy atom. The Balaban J connectivity index is 1.88. The Kier molecular flexibility index (Phi) is 7.99. The number of nitrogens with zero attached hydrogens (tertiary/aromatic N) is 1. The molecule has 1 heterocycles. The molecule has 0 unspecified atom stereocenters. The molecular weight excluding hydrogens is 501 g/mol. The normalized spacial score (nSPS) is 18.3. The van der Waals surface area contributed by atoms with Crippen LogP contribution in [0.1, 0.15) is 43.6 Å². The van der Waals surface area contributed by atoms with Crippen molar-refractivity contribution < 1.29 is 14.3 Å². The fourth-order valence-corrected chi connectivity index (χ4v) is 6.17. The standard InChI is InChI=1S/C28H29Cl2NO3S/c1-28(2,3)17-31-23-12-11-19(30)15-22(23)26(21-10-6-8-18-7-4-5-9-20(18)21)35-24(27(31)33)16-25(32)34-14-13-29/h4-12,15,24,26H,13-14,16-17H2,1-3H3/t24-,26-/m0/s1. The van der Waals surface area contributed by atoms with Gasteiger partial charge in [-0.05, 0) is 45.5 Å². The van der Waals surface area contributed by atoms with Gasteiger partial charge in [-0.15, -0.1) is 23.4 Å². The third-order valence-corrected chi connectivity index (χ3v) is 7.70. The molecule has 0 aromatic heterocycles. The van der Waals surface area contributed by atoms with Crippen molar-refractivity contribution in [1.82, 2.24) is 0 Å². The van der Waals surface area contributed by atoms with E-state index in [1.165, 1.54) is 11.8 Å². The first-order valence-electron chi connectivity index (χ1n) is 11.6. The first-order valence-corrected chi connectivity index (χ1v) is 13.5. The van der Waals surface area contributed by atoms with Crippen molar-refractivity contribution in [2.45, 2.75) is 37.7 Å². The van der Waals surface area contributed by atoms with Crippen LogP contribution >= 0.6 is 35.0 Å². The number of benzene rings is 3. The fourth-order valence-electron chi connectivity index (χ4n) is 4.42. The van der Waals surface area contributed by atoms with Crippen molar-refractivity contribution in [3.05, 3.63) is 76.8 Å². The molecule has 3 aromatic rings. The molecule has 184 valence electrons. The van der Waals surface area contributed by atoms with Crippen LogP contribution in [0.4, 0.5) is 5.69 Å². The van der Waals surface area contributed by atoms with E-state index in [9.17, 15) is 9.59 Å². The molecule has 1 aliphatic heterocycles. The van der Waals surface area contributed by atoms with Gasteiger partial charge in [-0.1, -0.05) is 74.8 Å². The average Bonchev–Trinajstić information content (AvgIpc) is 2.92. The number of anilines is 1. The van der Waals surface area contributed by atoms with E-state index < -0.39 is 11.2 Å². The Morgan fingerprint density at radius 3 is 2.54 bits per heavy atom. The Labute approximate surface area is 220 Å². The average molecular weight is 531 g/mol. The van der Waals surface area contributed by atoms with Crippen molar-refractivity contribution in [2.24, 2.45) is 5.41 Å². The summed E-state index contributed by atoms with van der Waals surface area (Å²) in [6.07, 6.45) is -0.0238. The van der Waals surface area contributed by atoms with E-state index in [0.717, 1.165) is 27.6 Å². The first kappa shape index (κ1) is 25.9. The third-order valence-electron chi connectivity index (χ3n) is 5.84. The van der Waals surface area contributed by atoms with Gasteiger partial charge in [0.1, 0.15) is 6.61 Å². The highest BCUT2D eigenvalue weighted by Gasteiger charge is 2.39. The summed E-state index contributed by atoms with van der Waals surface area (Å²) in [5.74, 6) is -0.303. The summed E-state index contributed by atoms with van der Waals surface area (Å²) in [7, 11) is 0. The largest absolute Gasteiger partial charge is 0.464 e. The molecule has 0 saturated heterocycles. The first-order chi connectivity index (χ1) is 16.7. The summed E-state index contributed by atoms with van der Waals surface area (Å²) in [5, 5.41) is 2.02. The molecule has 3 aromatic carbocycles. The molecule has 1 aliphatic rings. The molecule has 0 radical (unpaired) electrons. The lowest BCUT2D eigenvalue weighted by molar-refractivity contribution is -0.144. The number of hydrogen-bond donors (Lipinski definition) is 0. The third kappa shape index (κ3) is 5.96. The molecule has 0 aliphatic carbocycles. The van der Waals surface area contributed by atoms with Gasteiger partial charge in [0.25, 0.3) is 0 Å². The van der Waals surface area contributed by atoms with E-state index in [4.69, 9.17) is 27.9 Å². The highest BCUT2D eigenvalue weighted by molar-refractivity contribution is 8.01. The zero-order valence-electron chi connectivity index (χ0n) is 20.1. The second-order valence-electron chi connectivity index (χ2n) is 9.87. The zero-order chi connectivity index (χ0) is 25.2. The number of halogens is 2. The zero-order valence-corrected chi connectivity index (χ0v) is 22.4. The predicted octanol–water partition coefficient (Wildman–Crippen LogP) is 7.25. The van der Waals surface area contributed by atoms with Crippen LogP contribution in [0.15, 0.2) is 60.7 Å². The van der Waals surface area contributed by atoms with Crippen LogP contribution in [0, 0.1) is 5.41 Å². The second-order valence-corrected chi connectivity index (χ2v) is 12.0. The van der Waals surface area contributed by atoms with Gasteiger partial charge in [0.05, 0.1) is 22.8 Å². The monoisotopic (exact) mass is 529 g/mol. The van der Waals surface area contributed by atoms with Gasteiger partial charge in [-0.25, -0.2) is 0 Å². The van der Waals surface area contributed by atoms with E-state index >= 15 is 0 Å². The lowest BCUT2D eigenvalue weighted by Crippen LogP contribution is -2.42. The van der Waals surface area contributed by atoms with Crippen molar-refractivity contribution in [3.63, 3.8) is 0 Å². The number of thioether (sulfide) groups is 1. The molecule has 0 fully saturated rings. The van der Waals surface area contributed by atoms with E-state index in [2.05, 4.69) is 45.0 Å². The maximum absolute atomic E-state index is 14.0. The molecule has 1 amide bonds. The maximum atomic E-state index is 14.0. The van der Waals surface area contributed by atoms with Gasteiger partial charge in [0.2, 0.25) is 5.91 Å². The number of carbonyl (C=O) groups excluding carboxylic acids is 2. The van der Waals surface area contributed by atoms with Gasteiger partial charge in [-0.2, -0.15) is 0 Å². The van der Waals surface area contributed by atoms with Gasteiger partial charge in [-0.3, -0.25) is 9.59 Å². The summed E-state index contributed by atoms with van der Waals surface area (Å²) in [4.78, 5) is 28.4. The Hall–Kier alpha value is -2.21. The van der Waals surface area contributed by atoms with E-state index in [-0.39, 0.29) is 35.5 Å². The lowest BCUT2D eigenvalue weighted by atomic mass is 9.93. The van der Waals surface area contributed by atoms with Crippen molar-refractivity contribution in [2.75, 3.05) is 23.9 Å². The molecule has 0 saturated carbocycles. The van der Waals surface area contributed by atoms with Gasteiger partial charge in [0, 0.05) is 17.3 Å². The van der Waals surface area contributed by atoms with Crippen molar-refractivity contribution in [3.8, 4) is 0 Å². The molecule has 0 bridgehead atoms. The van der Waals surface area contributed by atoms with Gasteiger partial charge >= 0.3 is 5.97 Å². The number of amides is 1. The van der Waals surface area contributed by atoms with Crippen LogP contribution in [0.5, 0.6) is 0 Å². The van der Waals surface area contributed by atoms with Crippen LogP contribution < -0.4 is 4.90 Å². The molecule has 2 atom stereocenters. The highest BCUT2D eigenvalue weighted by Crippen LogP contribution is 2.49. The minimum atomic E-state index is -0.615. The van der Waals surface area contributed by atoms with Crippen molar-refractivity contribution in [1.29, 1.82) is 0 Å². The molecule has 0 spiro atoms. The minimum absolute atomic E-state index is 0.0238. The number of esters is 1. The number of carbonyl (C=O) groups is 2. The lowest BCUT2D eigenvalue weighted by Gasteiger charge is -2.31. The molecule has 7 heteroatoms. The number of alkyl halides is 1. The van der Waals surface area contributed by atoms with Crippen LogP contribution in [0.2, 0.25) is 5.02 Å². The minimum Gasteiger partial charge on any atom is -0.464 e. The van der Waals surface area contributed by atoms with Gasteiger partial charge < -0.3 is 9.64 Å². The van der Waals surface area contributed by atoms with Gasteiger partial charge in [0.15, 0.2) is 0 Å². The molecule has 4 nitrogen and oxygen atoms in total. The molecule has 35 heavy (non-hydrogen) atoms. The fraction of sp³-hybridized carbons (Fsp3) is 0.357. The topological polar surface area (TPSA) is 46.6 Å². The molecule has 0 N–H and O–H groups in total. The smallest absolute Gasteiger partial charge is 0.307 e. The van der Waals surface area contributed by atoms with Crippen LogP contribution in [0.25, 0.3) is 10.8 Å². The number of rotatable bonds is 6. The molecular formula is C28H29Cl2NO3S. The maximum Gasteiger partial charge on any atom is 0.307 e. The number of fused-ring (bicyclic) bond motifs is 2. The Morgan fingerprint density at radius 1 is 1.06 bits per heavy atom. The van der Waals surface area contributed by atoms with Crippen LogP contribution in [-0.4, -0.2) is 36.2 Å². The number of ether oxygens (including phenoxy) is 1. The summed E-state index contributed by atoms with van der Waals surface area (Å²) >= 11 is 13.7. The van der Waals surface area contributed by atoms with Crippen molar-refractivity contribution >= 4 is 63.3 Å². The second kappa shape index (κ2) is 10.8. The summed E-state index contributed by atoms with van der Waals surface area (Å²) in [6.45, 7) is 6.93. The summed E-state index contributed by atoms with van der Waals surface area (Å²) in [5.41, 5.74) is 2.73. The molecule has 4 rings (SSSR count). The summed E-state index contributed by atoms with van der Waals surface area (Å²) in [6, 6.07) is 20.1. The van der Waals surface area contributed by atoms with Crippen LogP contribution in [-0.2, 0) is 14.3 Å². The quantitative estimate of drug-likeness (QED) is 0.249. The predicted molar refractivity (Wildman–Crippen MR) is 147 cm³/mol. The SMILES string of the molecule is CC(C)(C)CN1C(=O)[C@H](CC(=O)OCCCl)S[C@@H](c2cccc3ccccc23)c2cc(Cl)ccc21. The Bertz CT molecular complexity index is 1240. The van der Waals surface area contributed by atoms with Crippen LogP contribution in [0.3, 0.4) is 0 Å². The number of hydrogen-bond acceptors (Lipinski definition) is 4. The van der Waals surface area contributed by atoms with E-state index in [1.54, 1.807) is 0 Å².